The topological polar surface area (TPSA) is 24.4 Å². The molecule has 1 N–H and O–H groups in total. The average Bonchev–Trinajstić information content (AvgIpc) is 2.72. The number of anilines is 1. The zero-order chi connectivity index (χ0) is 12.4. The van der Waals surface area contributed by atoms with Gasteiger partial charge < -0.3 is 5.32 Å². The number of benzene rings is 1. The number of aliphatic imine (C=N–C) groups is 1. The second-order valence-electron chi connectivity index (χ2n) is 4.65. The Labute approximate surface area is 106 Å². The van der Waals surface area contributed by atoms with Crippen LogP contribution in [0.25, 0.3) is 0 Å². The van der Waals surface area contributed by atoms with Crippen LogP contribution >= 0.6 is 11.8 Å². The quantitative estimate of drug-likeness (QED) is 0.868. The summed E-state index contributed by atoms with van der Waals surface area (Å²) in [5.41, 5.74) is 1.43. The molecule has 0 radical (unpaired) electrons. The molecule has 4 heteroatoms. The number of aryl methyl sites for hydroxylation is 1. The largest absolute Gasteiger partial charge is 0.335 e. The molecule has 1 aliphatic rings. The lowest BCUT2D eigenvalue weighted by atomic mass is 10.1. The van der Waals surface area contributed by atoms with E-state index in [1.54, 1.807) is 24.8 Å². The lowest BCUT2D eigenvalue weighted by Crippen LogP contribution is -2.12. The Balaban J connectivity index is 2.06. The Morgan fingerprint density at radius 2 is 2.24 bits per heavy atom. The van der Waals surface area contributed by atoms with Gasteiger partial charge in [0, 0.05) is 11.4 Å². The molecular weight excluding hydrogens is 235 g/mol. The smallest absolute Gasteiger partial charge is 0.161 e. The van der Waals surface area contributed by atoms with Gasteiger partial charge in [-0.1, -0.05) is 31.7 Å². The van der Waals surface area contributed by atoms with Crippen molar-refractivity contribution in [3.8, 4) is 0 Å². The summed E-state index contributed by atoms with van der Waals surface area (Å²) >= 11 is 1.70. The SMILES string of the molecule is Cc1ccc(NC2=N[C@@H](C(C)C)CS2)cc1F. The summed E-state index contributed by atoms with van der Waals surface area (Å²) in [5.74, 6) is 1.38. The molecule has 1 aromatic rings. The molecule has 2 rings (SSSR count). The van der Waals surface area contributed by atoms with Crippen molar-refractivity contribution in [2.75, 3.05) is 11.1 Å². The molecule has 0 spiro atoms. The van der Waals surface area contributed by atoms with E-state index >= 15 is 0 Å². The van der Waals surface area contributed by atoms with Crippen LogP contribution in [0, 0.1) is 18.7 Å². The maximum absolute atomic E-state index is 13.4. The maximum atomic E-state index is 13.4. The molecule has 0 aliphatic carbocycles. The Morgan fingerprint density at radius 1 is 1.47 bits per heavy atom. The number of rotatable bonds is 2. The monoisotopic (exact) mass is 252 g/mol. The second kappa shape index (κ2) is 5.08. The van der Waals surface area contributed by atoms with Crippen LogP contribution in [0.1, 0.15) is 19.4 Å². The molecule has 17 heavy (non-hydrogen) atoms. The van der Waals surface area contributed by atoms with Crippen molar-refractivity contribution < 1.29 is 4.39 Å². The molecule has 0 amide bonds. The summed E-state index contributed by atoms with van der Waals surface area (Å²) in [6.07, 6.45) is 0. The molecule has 1 aliphatic heterocycles. The van der Waals surface area contributed by atoms with E-state index in [1.165, 1.54) is 6.07 Å². The first-order chi connectivity index (χ1) is 8.06. The van der Waals surface area contributed by atoms with Gasteiger partial charge in [0.15, 0.2) is 5.17 Å². The van der Waals surface area contributed by atoms with Crippen molar-refractivity contribution in [3.05, 3.63) is 29.6 Å². The van der Waals surface area contributed by atoms with Crippen LogP contribution in [0.4, 0.5) is 10.1 Å². The Bertz CT molecular complexity index is 443. The number of amidine groups is 1. The predicted molar refractivity (Wildman–Crippen MR) is 73.3 cm³/mol. The highest BCUT2D eigenvalue weighted by molar-refractivity contribution is 8.14. The van der Waals surface area contributed by atoms with Crippen LogP contribution in [0.3, 0.4) is 0 Å². The maximum Gasteiger partial charge on any atom is 0.161 e. The molecule has 0 fully saturated rings. The molecule has 92 valence electrons. The van der Waals surface area contributed by atoms with E-state index in [-0.39, 0.29) is 5.82 Å². The van der Waals surface area contributed by atoms with Crippen molar-refractivity contribution in [2.24, 2.45) is 10.9 Å². The van der Waals surface area contributed by atoms with Crippen molar-refractivity contribution in [3.63, 3.8) is 0 Å². The summed E-state index contributed by atoms with van der Waals surface area (Å²) in [7, 11) is 0. The minimum absolute atomic E-state index is 0.181. The van der Waals surface area contributed by atoms with Gasteiger partial charge in [0.1, 0.15) is 5.82 Å². The van der Waals surface area contributed by atoms with Gasteiger partial charge in [-0.15, -0.1) is 0 Å². The van der Waals surface area contributed by atoms with E-state index in [4.69, 9.17) is 0 Å². The van der Waals surface area contributed by atoms with Crippen LogP contribution in [0.2, 0.25) is 0 Å². The number of hydrogen-bond acceptors (Lipinski definition) is 3. The molecule has 0 bridgehead atoms. The van der Waals surface area contributed by atoms with E-state index in [0.717, 1.165) is 16.6 Å². The Morgan fingerprint density at radius 3 is 2.82 bits per heavy atom. The number of thioether (sulfide) groups is 1. The van der Waals surface area contributed by atoms with Gasteiger partial charge in [-0.2, -0.15) is 0 Å². The molecule has 0 saturated carbocycles. The van der Waals surface area contributed by atoms with E-state index in [0.29, 0.717) is 17.5 Å². The summed E-state index contributed by atoms with van der Waals surface area (Å²) in [5, 5.41) is 4.06. The minimum atomic E-state index is -0.181. The number of nitrogens with zero attached hydrogens (tertiary/aromatic N) is 1. The normalized spacial score (nSPS) is 19.6. The molecule has 2 nitrogen and oxygen atoms in total. The van der Waals surface area contributed by atoms with Gasteiger partial charge in [-0.3, -0.25) is 4.99 Å². The van der Waals surface area contributed by atoms with E-state index in [1.807, 2.05) is 6.07 Å². The Kier molecular flexibility index (Phi) is 3.72. The summed E-state index contributed by atoms with van der Waals surface area (Å²) in [4.78, 5) is 4.58. The Hall–Kier alpha value is -1.03. The first-order valence-electron chi connectivity index (χ1n) is 5.80. The third-order valence-corrected chi connectivity index (χ3v) is 3.86. The molecule has 0 saturated heterocycles. The average molecular weight is 252 g/mol. The van der Waals surface area contributed by atoms with Crippen molar-refractivity contribution in [1.82, 2.24) is 0 Å². The summed E-state index contributed by atoms with van der Waals surface area (Å²) < 4.78 is 13.4. The van der Waals surface area contributed by atoms with Gasteiger partial charge in [-0.25, -0.2) is 4.39 Å². The zero-order valence-corrected chi connectivity index (χ0v) is 11.1. The van der Waals surface area contributed by atoms with Gasteiger partial charge in [0.2, 0.25) is 0 Å². The highest BCUT2D eigenvalue weighted by Crippen LogP contribution is 2.24. The summed E-state index contributed by atoms with van der Waals surface area (Å²) in [6.45, 7) is 6.10. The van der Waals surface area contributed by atoms with Crippen LogP contribution in [-0.4, -0.2) is 17.0 Å². The predicted octanol–water partition coefficient (Wildman–Crippen LogP) is 3.67. The van der Waals surface area contributed by atoms with E-state index in [9.17, 15) is 4.39 Å². The fourth-order valence-corrected chi connectivity index (χ4v) is 2.78. The van der Waals surface area contributed by atoms with Crippen LogP contribution in [0.5, 0.6) is 0 Å². The van der Waals surface area contributed by atoms with E-state index < -0.39 is 0 Å². The van der Waals surface area contributed by atoms with Gasteiger partial charge in [0.05, 0.1) is 6.04 Å². The number of hydrogen-bond donors (Lipinski definition) is 1. The second-order valence-corrected chi connectivity index (χ2v) is 5.65. The van der Waals surface area contributed by atoms with Crippen molar-refractivity contribution >= 4 is 22.6 Å². The van der Waals surface area contributed by atoms with Crippen LogP contribution < -0.4 is 5.32 Å². The molecule has 1 atom stereocenters. The molecular formula is C13H17FN2S. The van der Waals surface area contributed by atoms with Crippen LogP contribution in [-0.2, 0) is 0 Å². The number of halogens is 1. The van der Waals surface area contributed by atoms with E-state index in [2.05, 4.69) is 24.2 Å². The highest BCUT2D eigenvalue weighted by Gasteiger charge is 2.21. The van der Waals surface area contributed by atoms with Crippen LogP contribution in [0.15, 0.2) is 23.2 Å². The first-order valence-corrected chi connectivity index (χ1v) is 6.78. The van der Waals surface area contributed by atoms with Gasteiger partial charge >= 0.3 is 0 Å². The van der Waals surface area contributed by atoms with Crippen molar-refractivity contribution in [1.29, 1.82) is 0 Å². The molecule has 0 unspecified atom stereocenters. The third-order valence-electron chi connectivity index (χ3n) is 2.87. The van der Waals surface area contributed by atoms with Gasteiger partial charge in [-0.05, 0) is 30.5 Å². The fraction of sp³-hybridized carbons (Fsp3) is 0.462. The third kappa shape index (κ3) is 3.00. The summed E-state index contributed by atoms with van der Waals surface area (Å²) in [6, 6.07) is 5.54. The zero-order valence-electron chi connectivity index (χ0n) is 10.3. The minimum Gasteiger partial charge on any atom is -0.335 e. The lowest BCUT2D eigenvalue weighted by Gasteiger charge is -2.08. The fourth-order valence-electron chi connectivity index (χ4n) is 1.59. The number of nitrogens with one attached hydrogen (secondary N) is 1. The van der Waals surface area contributed by atoms with Gasteiger partial charge in [0.25, 0.3) is 0 Å². The first kappa shape index (κ1) is 12.4. The highest BCUT2D eigenvalue weighted by atomic mass is 32.2. The molecule has 0 aromatic heterocycles. The molecule has 1 heterocycles. The standard InChI is InChI=1S/C13H17FN2S/c1-8(2)12-7-17-13(16-12)15-10-5-4-9(3)11(14)6-10/h4-6,8,12H,7H2,1-3H3,(H,15,16)/t12-/m1/s1. The lowest BCUT2D eigenvalue weighted by molar-refractivity contribution is 0.543. The van der Waals surface area contributed by atoms with Crippen molar-refractivity contribution in [2.45, 2.75) is 26.8 Å². The molecule has 1 aromatic carbocycles.